The summed E-state index contributed by atoms with van der Waals surface area (Å²) in [5, 5.41) is 13.3. The molecule has 2 heteroatoms. The first-order valence-electron chi connectivity index (χ1n) is 8.87. The number of phenols is 1. The third-order valence-corrected chi connectivity index (χ3v) is 7.45. The molecule has 0 atom stereocenters. The molecule has 1 aliphatic rings. The standard InChI is InChI=1S/C22H31NO/c1-11-12(2)16-17-18(13(3)15(5)20(16)24)21(6,7)22(8,9)23(10)19(17)14(11)4/h24H,1-10H3. The van der Waals surface area contributed by atoms with Crippen LogP contribution >= 0.6 is 0 Å². The minimum absolute atomic E-state index is 0.0203. The Balaban J connectivity index is 2.75. The molecule has 24 heavy (non-hydrogen) atoms. The average Bonchev–Trinajstić information content (AvgIpc) is 2.48. The van der Waals surface area contributed by atoms with Crippen molar-refractivity contribution in [1.82, 2.24) is 0 Å². The summed E-state index contributed by atoms with van der Waals surface area (Å²) < 4.78 is 0. The van der Waals surface area contributed by atoms with E-state index in [2.05, 4.69) is 74.3 Å². The van der Waals surface area contributed by atoms with E-state index in [0.29, 0.717) is 5.75 Å². The molecule has 0 aromatic heterocycles. The topological polar surface area (TPSA) is 23.5 Å². The fraction of sp³-hybridized carbons (Fsp3) is 0.545. The highest BCUT2D eigenvalue weighted by atomic mass is 16.3. The zero-order chi connectivity index (χ0) is 18.4. The summed E-state index contributed by atoms with van der Waals surface area (Å²) in [6.45, 7) is 20.1. The zero-order valence-corrected chi connectivity index (χ0v) is 16.9. The number of benzene rings is 2. The number of phenolic OH excluding ortho intramolecular Hbond substituents is 1. The number of nitrogens with zero attached hydrogens (tertiary/aromatic N) is 1. The molecule has 0 amide bonds. The van der Waals surface area contributed by atoms with E-state index in [1.54, 1.807) is 0 Å². The molecule has 1 aliphatic heterocycles. The van der Waals surface area contributed by atoms with Crippen LogP contribution in [0.3, 0.4) is 0 Å². The lowest BCUT2D eigenvalue weighted by molar-refractivity contribution is 0.288. The second-order valence-electron chi connectivity index (χ2n) is 8.69. The molecule has 1 N–H and O–H groups in total. The third-order valence-electron chi connectivity index (χ3n) is 7.45. The van der Waals surface area contributed by atoms with E-state index in [1.807, 2.05) is 0 Å². The van der Waals surface area contributed by atoms with Crippen LogP contribution in [0.1, 0.15) is 61.1 Å². The maximum Gasteiger partial charge on any atom is 0.126 e. The van der Waals surface area contributed by atoms with Crippen molar-refractivity contribution < 1.29 is 5.11 Å². The number of hydrogen-bond donors (Lipinski definition) is 1. The van der Waals surface area contributed by atoms with Gasteiger partial charge in [0.2, 0.25) is 0 Å². The van der Waals surface area contributed by atoms with Gasteiger partial charge in [-0.1, -0.05) is 13.8 Å². The summed E-state index contributed by atoms with van der Waals surface area (Å²) in [6, 6.07) is 0. The van der Waals surface area contributed by atoms with Crippen LogP contribution in [0.2, 0.25) is 0 Å². The highest BCUT2D eigenvalue weighted by Crippen LogP contribution is 2.56. The lowest BCUT2D eigenvalue weighted by Crippen LogP contribution is -2.57. The summed E-state index contributed by atoms with van der Waals surface area (Å²) in [6.07, 6.45) is 0. The Morgan fingerprint density at radius 1 is 0.708 bits per heavy atom. The first-order chi connectivity index (χ1) is 10.9. The first kappa shape index (κ1) is 17.1. The molecule has 0 saturated heterocycles. The van der Waals surface area contributed by atoms with Crippen molar-refractivity contribution in [3.63, 3.8) is 0 Å². The van der Waals surface area contributed by atoms with Gasteiger partial charge in [-0.15, -0.1) is 0 Å². The van der Waals surface area contributed by atoms with Gasteiger partial charge in [0.15, 0.2) is 0 Å². The average molecular weight is 325 g/mol. The predicted molar refractivity (Wildman–Crippen MR) is 105 cm³/mol. The fourth-order valence-corrected chi connectivity index (χ4v) is 4.62. The van der Waals surface area contributed by atoms with Crippen LogP contribution < -0.4 is 4.90 Å². The molecular weight excluding hydrogens is 294 g/mol. The van der Waals surface area contributed by atoms with Crippen LogP contribution in [0.15, 0.2) is 0 Å². The summed E-state index contributed by atoms with van der Waals surface area (Å²) in [5.74, 6) is 0.456. The molecule has 3 rings (SSSR count). The lowest BCUT2D eigenvalue weighted by atomic mass is 9.62. The van der Waals surface area contributed by atoms with Crippen LogP contribution in [0.5, 0.6) is 5.75 Å². The highest BCUT2D eigenvalue weighted by Gasteiger charge is 2.48. The molecule has 0 bridgehead atoms. The number of hydrogen-bond acceptors (Lipinski definition) is 2. The van der Waals surface area contributed by atoms with Gasteiger partial charge in [-0.05, 0) is 81.8 Å². The minimum Gasteiger partial charge on any atom is -0.507 e. The number of aromatic hydroxyl groups is 1. The lowest BCUT2D eigenvalue weighted by Gasteiger charge is -2.55. The molecule has 130 valence electrons. The largest absolute Gasteiger partial charge is 0.507 e. The van der Waals surface area contributed by atoms with Crippen LogP contribution in [-0.2, 0) is 5.41 Å². The van der Waals surface area contributed by atoms with Gasteiger partial charge in [-0.25, -0.2) is 0 Å². The van der Waals surface area contributed by atoms with Gasteiger partial charge in [0.05, 0.1) is 0 Å². The Bertz CT molecular complexity index is 879. The smallest absolute Gasteiger partial charge is 0.126 e. The molecule has 0 unspecified atom stereocenters. The predicted octanol–water partition coefficient (Wildman–Crippen LogP) is 5.59. The van der Waals surface area contributed by atoms with Crippen molar-refractivity contribution in [1.29, 1.82) is 0 Å². The molecule has 2 nitrogen and oxygen atoms in total. The first-order valence-corrected chi connectivity index (χ1v) is 8.87. The van der Waals surface area contributed by atoms with Gasteiger partial charge in [-0.3, -0.25) is 0 Å². The van der Waals surface area contributed by atoms with Crippen LogP contribution in [0.25, 0.3) is 10.8 Å². The minimum atomic E-state index is -0.0241. The summed E-state index contributed by atoms with van der Waals surface area (Å²) >= 11 is 0. The molecule has 0 saturated carbocycles. The van der Waals surface area contributed by atoms with E-state index in [0.717, 1.165) is 10.9 Å². The maximum atomic E-state index is 11.0. The second kappa shape index (κ2) is 4.68. The number of likely N-dealkylation sites (N-methyl/N-ethyl adjacent to an activating group) is 1. The Morgan fingerprint density at radius 2 is 1.25 bits per heavy atom. The number of aryl methyl sites for hydroxylation is 1. The molecule has 1 heterocycles. The Hall–Kier alpha value is -1.70. The van der Waals surface area contributed by atoms with E-state index < -0.39 is 0 Å². The maximum absolute atomic E-state index is 11.0. The molecule has 0 radical (unpaired) electrons. The molecule has 0 spiro atoms. The van der Waals surface area contributed by atoms with Crippen molar-refractivity contribution in [3.05, 3.63) is 33.4 Å². The zero-order valence-electron chi connectivity index (χ0n) is 16.9. The van der Waals surface area contributed by atoms with Crippen molar-refractivity contribution in [2.45, 2.75) is 73.3 Å². The van der Waals surface area contributed by atoms with Gasteiger partial charge in [0.1, 0.15) is 5.75 Å². The van der Waals surface area contributed by atoms with Gasteiger partial charge in [0.25, 0.3) is 0 Å². The quantitative estimate of drug-likeness (QED) is 0.682. The number of rotatable bonds is 0. The Morgan fingerprint density at radius 3 is 1.79 bits per heavy atom. The monoisotopic (exact) mass is 325 g/mol. The molecule has 2 aromatic carbocycles. The van der Waals surface area contributed by atoms with Crippen LogP contribution in [0, 0.1) is 34.6 Å². The fourth-order valence-electron chi connectivity index (χ4n) is 4.62. The summed E-state index contributed by atoms with van der Waals surface area (Å²) in [4.78, 5) is 2.43. The van der Waals surface area contributed by atoms with E-state index >= 15 is 0 Å². The Labute approximate surface area is 146 Å². The van der Waals surface area contributed by atoms with Gasteiger partial charge in [0, 0.05) is 34.5 Å². The van der Waals surface area contributed by atoms with E-state index in [-0.39, 0.29) is 11.0 Å². The third kappa shape index (κ3) is 1.67. The van der Waals surface area contributed by atoms with E-state index in [4.69, 9.17) is 0 Å². The second-order valence-corrected chi connectivity index (χ2v) is 8.69. The highest BCUT2D eigenvalue weighted by molar-refractivity contribution is 6.07. The SMILES string of the molecule is Cc1c(C)c2c3c(c(C)c(C)c(O)c3c1C)C(C)(C)C(C)(C)N2C. The van der Waals surface area contributed by atoms with Crippen molar-refractivity contribution in [2.75, 3.05) is 11.9 Å². The summed E-state index contributed by atoms with van der Waals surface area (Å²) in [7, 11) is 2.20. The Kier molecular flexibility index (Phi) is 3.34. The van der Waals surface area contributed by atoms with Crippen LogP contribution in [-0.4, -0.2) is 17.7 Å². The molecule has 0 aliphatic carbocycles. The van der Waals surface area contributed by atoms with E-state index in [9.17, 15) is 5.11 Å². The molecular formula is C22H31NO. The van der Waals surface area contributed by atoms with Gasteiger partial charge < -0.3 is 10.0 Å². The normalized spacial score (nSPS) is 18.3. The van der Waals surface area contributed by atoms with Crippen molar-refractivity contribution >= 4 is 16.5 Å². The molecule has 0 fully saturated rings. The molecule has 2 aromatic rings. The van der Waals surface area contributed by atoms with Crippen molar-refractivity contribution in [2.24, 2.45) is 0 Å². The van der Waals surface area contributed by atoms with Gasteiger partial charge >= 0.3 is 0 Å². The van der Waals surface area contributed by atoms with Crippen molar-refractivity contribution in [3.8, 4) is 5.75 Å². The van der Waals surface area contributed by atoms with Crippen LogP contribution in [0.4, 0.5) is 5.69 Å². The van der Waals surface area contributed by atoms with Gasteiger partial charge in [-0.2, -0.15) is 0 Å². The van der Waals surface area contributed by atoms with E-state index in [1.165, 1.54) is 38.9 Å². The number of anilines is 1. The summed E-state index contributed by atoms with van der Waals surface area (Å²) in [5.41, 5.74) is 8.70.